The summed E-state index contributed by atoms with van der Waals surface area (Å²) in [5, 5.41) is 12.7. The number of carbonyl (C=O) groups excluding carboxylic acids is 2. The standard InChI is InChI=1S/C18H24N6O2/c1-4-19-17(25)13-8-7-11(2)14(10-13)21-18(26)24-9-5-6-15(24)16-20-12(3)22-23-16/h7-8,10,15H,4-6,9H2,1-3H3,(H,19,25)(H,21,26)(H,20,22,23)/t15-/m0/s1. The van der Waals surface area contributed by atoms with E-state index in [9.17, 15) is 9.59 Å². The van der Waals surface area contributed by atoms with Crippen molar-refractivity contribution < 1.29 is 9.59 Å². The van der Waals surface area contributed by atoms with Crippen LogP contribution in [0.1, 0.15) is 53.4 Å². The average Bonchev–Trinajstić information content (AvgIpc) is 3.25. The Balaban J connectivity index is 1.76. The summed E-state index contributed by atoms with van der Waals surface area (Å²) >= 11 is 0. The molecule has 0 bridgehead atoms. The van der Waals surface area contributed by atoms with Crippen LogP contribution in [0.2, 0.25) is 0 Å². The number of likely N-dealkylation sites (tertiary alicyclic amines) is 1. The van der Waals surface area contributed by atoms with Crippen LogP contribution in [0.3, 0.4) is 0 Å². The van der Waals surface area contributed by atoms with Crippen molar-refractivity contribution in [2.24, 2.45) is 0 Å². The minimum atomic E-state index is -0.203. The van der Waals surface area contributed by atoms with Crippen LogP contribution in [0.5, 0.6) is 0 Å². The molecule has 0 spiro atoms. The number of carbonyl (C=O) groups is 2. The third-order valence-electron chi connectivity index (χ3n) is 4.50. The smallest absolute Gasteiger partial charge is 0.322 e. The molecule has 3 amide bonds. The third kappa shape index (κ3) is 3.68. The van der Waals surface area contributed by atoms with E-state index in [2.05, 4.69) is 25.8 Å². The Labute approximate surface area is 152 Å². The van der Waals surface area contributed by atoms with Gasteiger partial charge in [-0.15, -0.1) is 0 Å². The van der Waals surface area contributed by atoms with Gasteiger partial charge in [0.05, 0.1) is 6.04 Å². The van der Waals surface area contributed by atoms with E-state index >= 15 is 0 Å². The molecule has 3 rings (SSSR count). The fourth-order valence-electron chi connectivity index (χ4n) is 3.13. The van der Waals surface area contributed by atoms with Gasteiger partial charge in [0.1, 0.15) is 5.82 Å². The summed E-state index contributed by atoms with van der Waals surface area (Å²) in [6.45, 7) is 6.81. The molecule has 2 heterocycles. The number of hydrogen-bond donors (Lipinski definition) is 3. The van der Waals surface area contributed by atoms with E-state index in [1.54, 1.807) is 17.0 Å². The number of anilines is 1. The summed E-state index contributed by atoms with van der Waals surface area (Å²) in [4.78, 5) is 31.0. The van der Waals surface area contributed by atoms with Gasteiger partial charge in [-0.1, -0.05) is 6.07 Å². The molecule has 1 atom stereocenters. The monoisotopic (exact) mass is 356 g/mol. The highest BCUT2D eigenvalue weighted by atomic mass is 16.2. The highest BCUT2D eigenvalue weighted by Gasteiger charge is 2.32. The largest absolute Gasteiger partial charge is 0.352 e. The number of hydrogen-bond acceptors (Lipinski definition) is 4. The first-order valence-corrected chi connectivity index (χ1v) is 8.85. The van der Waals surface area contributed by atoms with Gasteiger partial charge in [-0.05, 0) is 51.3 Å². The number of amides is 3. The maximum atomic E-state index is 12.8. The van der Waals surface area contributed by atoms with Gasteiger partial charge in [-0.2, -0.15) is 5.10 Å². The van der Waals surface area contributed by atoms with Crippen LogP contribution in [0.15, 0.2) is 18.2 Å². The number of benzene rings is 1. The molecule has 0 radical (unpaired) electrons. The summed E-state index contributed by atoms with van der Waals surface area (Å²) in [5.41, 5.74) is 2.06. The van der Waals surface area contributed by atoms with Gasteiger partial charge in [-0.3, -0.25) is 9.89 Å². The van der Waals surface area contributed by atoms with Crippen molar-refractivity contribution in [1.82, 2.24) is 25.4 Å². The van der Waals surface area contributed by atoms with Crippen molar-refractivity contribution >= 4 is 17.6 Å². The Hall–Kier alpha value is -2.90. The summed E-state index contributed by atoms with van der Waals surface area (Å²) in [5.74, 6) is 1.22. The van der Waals surface area contributed by atoms with Crippen molar-refractivity contribution in [3.8, 4) is 0 Å². The van der Waals surface area contributed by atoms with Gasteiger partial charge in [0.15, 0.2) is 5.82 Å². The van der Waals surface area contributed by atoms with Crippen LogP contribution in [0, 0.1) is 13.8 Å². The number of urea groups is 1. The predicted molar refractivity (Wildman–Crippen MR) is 98.0 cm³/mol. The van der Waals surface area contributed by atoms with Gasteiger partial charge in [-0.25, -0.2) is 9.78 Å². The first-order chi connectivity index (χ1) is 12.5. The Morgan fingerprint density at radius 1 is 1.35 bits per heavy atom. The van der Waals surface area contributed by atoms with Crippen molar-refractivity contribution in [3.63, 3.8) is 0 Å². The first-order valence-electron chi connectivity index (χ1n) is 8.85. The molecule has 8 nitrogen and oxygen atoms in total. The molecule has 1 fully saturated rings. The van der Waals surface area contributed by atoms with Crippen molar-refractivity contribution in [1.29, 1.82) is 0 Å². The lowest BCUT2D eigenvalue weighted by Crippen LogP contribution is -2.35. The van der Waals surface area contributed by atoms with Gasteiger partial charge < -0.3 is 15.5 Å². The van der Waals surface area contributed by atoms with E-state index in [0.717, 1.165) is 24.2 Å². The highest BCUT2D eigenvalue weighted by molar-refractivity contribution is 5.97. The number of rotatable bonds is 4. The Kier molecular flexibility index (Phi) is 5.20. The molecule has 1 aromatic heterocycles. The van der Waals surface area contributed by atoms with Crippen LogP contribution < -0.4 is 10.6 Å². The normalized spacial score (nSPS) is 16.6. The van der Waals surface area contributed by atoms with Crippen LogP contribution in [0.4, 0.5) is 10.5 Å². The van der Waals surface area contributed by atoms with Gasteiger partial charge in [0.2, 0.25) is 0 Å². The molecule has 8 heteroatoms. The predicted octanol–water partition coefficient (Wildman–Crippen LogP) is 2.54. The Morgan fingerprint density at radius 2 is 2.15 bits per heavy atom. The van der Waals surface area contributed by atoms with Crippen molar-refractivity contribution in [2.75, 3.05) is 18.4 Å². The van der Waals surface area contributed by atoms with Crippen LogP contribution in [-0.4, -0.2) is 45.1 Å². The van der Waals surface area contributed by atoms with Crippen LogP contribution in [0.25, 0.3) is 0 Å². The molecule has 0 saturated carbocycles. The van der Waals surface area contributed by atoms with E-state index < -0.39 is 0 Å². The molecule has 1 saturated heterocycles. The second kappa shape index (κ2) is 7.55. The van der Waals surface area contributed by atoms with Gasteiger partial charge in [0, 0.05) is 24.3 Å². The fraction of sp³-hybridized carbons (Fsp3) is 0.444. The van der Waals surface area contributed by atoms with E-state index in [-0.39, 0.29) is 18.0 Å². The minimum Gasteiger partial charge on any atom is -0.352 e. The molecule has 1 aromatic carbocycles. The number of H-pyrrole nitrogens is 1. The van der Waals surface area contributed by atoms with E-state index in [1.807, 2.05) is 26.8 Å². The van der Waals surface area contributed by atoms with Gasteiger partial charge in [0.25, 0.3) is 5.91 Å². The zero-order valence-corrected chi connectivity index (χ0v) is 15.3. The average molecular weight is 356 g/mol. The minimum absolute atomic E-state index is 0.133. The lowest BCUT2D eigenvalue weighted by atomic mass is 10.1. The van der Waals surface area contributed by atoms with Crippen LogP contribution >= 0.6 is 0 Å². The summed E-state index contributed by atoms with van der Waals surface area (Å²) in [7, 11) is 0. The topological polar surface area (TPSA) is 103 Å². The molecule has 1 aliphatic rings. The van der Waals surface area contributed by atoms with Gasteiger partial charge >= 0.3 is 6.03 Å². The van der Waals surface area contributed by atoms with E-state index in [4.69, 9.17) is 0 Å². The second-order valence-electron chi connectivity index (χ2n) is 6.45. The quantitative estimate of drug-likeness (QED) is 0.783. The zero-order valence-electron chi connectivity index (χ0n) is 15.3. The lowest BCUT2D eigenvalue weighted by molar-refractivity contribution is 0.0956. The zero-order chi connectivity index (χ0) is 18.7. The highest BCUT2D eigenvalue weighted by Crippen LogP contribution is 2.30. The van der Waals surface area contributed by atoms with E-state index in [1.165, 1.54) is 0 Å². The summed E-state index contributed by atoms with van der Waals surface area (Å²) in [6, 6.07) is 4.96. The fourth-order valence-corrected chi connectivity index (χ4v) is 3.13. The Morgan fingerprint density at radius 3 is 2.85 bits per heavy atom. The number of nitrogens with zero attached hydrogens (tertiary/aromatic N) is 3. The molecule has 0 aliphatic carbocycles. The number of nitrogens with one attached hydrogen (secondary N) is 3. The number of aromatic amines is 1. The van der Waals surface area contributed by atoms with Crippen molar-refractivity contribution in [2.45, 2.75) is 39.7 Å². The number of aryl methyl sites for hydroxylation is 2. The summed E-state index contributed by atoms with van der Waals surface area (Å²) in [6.07, 6.45) is 1.74. The lowest BCUT2D eigenvalue weighted by Gasteiger charge is -2.23. The molecule has 138 valence electrons. The third-order valence-corrected chi connectivity index (χ3v) is 4.50. The molecule has 3 N–H and O–H groups in total. The molecule has 0 unspecified atom stereocenters. The SMILES string of the molecule is CCNC(=O)c1ccc(C)c(NC(=O)N2CCC[C@H]2c2n[nH]c(C)n2)c1. The van der Waals surface area contributed by atoms with Crippen molar-refractivity contribution in [3.05, 3.63) is 41.0 Å². The Bertz CT molecular complexity index is 816. The molecule has 2 aromatic rings. The van der Waals surface area contributed by atoms with Crippen LogP contribution in [-0.2, 0) is 0 Å². The first kappa shape index (κ1) is 17.9. The molecule has 1 aliphatic heterocycles. The number of aromatic nitrogens is 3. The molecular formula is C18H24N6O2. The maximum Gasteiger partial charge on any atom is 0.322 e. The molecular weight excluding hydrogens is 332 g/mol. The summed E-state index contributed by atoms with van der Waals surface area (Å²) < 4.78 is 0. The second-order valence-corrected chi connectivity index (χ2v) is 6.45. The molecule has 26 heavy (non-hydrogen) atoms. The maximum absolute atomic E-state index is 12.8. The van der Waals surface area contributed by atoms with E-state index in [0.29, 0.717) is 30.2 Å².